The van der Waals surface area contributed by atoms with E-state index in [9.17, 15) is 14.7 Å². The summed E-state index contributed by atoms with van der Waals surface area (Å²) >= 11 is 0. The summed E-state index contributed by atoms with van der Waals surface area (Å²) in [6.45, 7) is 2.20. The molecule has 1 aliphatic carbocycles. The van der Waals surface area contributed by atoms with Crippen molar-refractivity contribution in [2.45, 2.75) is 44.6 Å². The summed E-state index contributed by atoms with van der Waals surface area (Å²) in [7, 11) is 1.55. The molecule has 1 rings (SSSR count). The van der Waals surface area contributed by atoms with Gasteiger partial charge in [-0.15, -0.1) is 0 Å². The van der Waals surface area contributed by atoms with Crippen LogP contribution in [0.4, 0.5) is 0 Å². The molecule has 0 aromatic carbocycles. The Morgan fingerprint density at radius 1 is 1.35 bits per heavy atom. The van der Waals surface area contributed by atoms with Gasteiger partial charge in [-0.1, -0.05) is 13.3 Å². The molecule has 5 nitrogen and oxygen atoms in total. The number of likely N-dealkylation sites (N-methyl/N-ethyl adjacent to an activating group) is 1. The van der Waals surface area contributed by atoms with Crippen molar-refractivity contribution in [3.05, 3.63) is 0 Å². The highest BCUT2D eigenvalue weighted by Crippen LogP contribution is 2.33. The maximum atomic E-state index is 11.4. The van der Waals surface area contributed by atoms with Crippen molar-refractivity contribution >= 4 is 11.9 Å². The third kappa shape index (κ3) is 3.43. The highest BCUT2D eigenvalue weighted by Gasteiger charge is 2.41. The van der Waals surface area contributed by atoms with Gasteiger partial charge in [-0.05, 0) is 31.6 Å². The first-order chi connectivity index (χ1) is 8.04. The lowest BCUT2D eigenvalue weighted by atomic mass is 9.75. The zero-order valence-corrected chi connectivity index (χ0v) is 10.6. The smallest absolute Gasteiger partial charge is 0.323 e. The zero-order valence-electron chi connectivity index (χ0n) is 10.6. The Bertz CT molecular complexity index is 283. The van der Waals surface area contributed by atoms with Crippen LogP contribution in [0.15, 0.2) is 0 Å². The zero-order chi connectivity index (χ0) is 12.9. The molecule has 1 saturated carbocycles. The van der Waals surface area contributed by atoms with Crippen LogP contribution >= 0.6 is 0 Å². The van der Waals surface area contributed by atoms with Crippen LogP contribution in [0.25, 0.3) is 0 Å². The molecule has 0 radical (unpaired) electrons. The minimum Gasteiger partial charge on any atom is -0.480 e. The molecule has 1 aliphatic rings. The SMILES string of the molecule is CCC1CCC(NCC(=O)NC)(C(=O)O)CC1. The van der Waals surface area contributed by atoms with Gasteiger partial charge in [0.25, 0.3) is 0 Å². The van der Waals surface area contributed by atoms with Crippen LogP contribution in [-0.2, 0) is 9.59 Å². The largest absolute Gasteiger partial charge is 0.480 e. The summed E-state index contributed by atoms with van der Waals surface area (Å²) in [4.78, 5) is 22.6. The lowest BCUT2D eigenvalue weighted by Gasteiger charge is -2.37. The highest BCUT2D eigenvalue weighted by molar-refractivity contribution is 5.82. The molecule has 5 heteroatoms. The number of hydrogen-bond donors (Lipinski definition) is 3. The summed E-state index contributed by atoms with van der Waals surface area (Å²) < 4.78 is 0. The number of carboxylic acid groups (broad SMARTS) is 1. The summed E-state index contributed by atoms with van der Waals surface area (Å²) in [5.74, 6) is -0.386. The van der Waals surface area contributed by atoms with Crippen molar-refractivity contribution in [1.29, 1.82) is 0 Å². The second kappa shape index (κ2) is 6.00. The first-order valence-corrected chi connectivity index (χ1v) is 6.23. The Morgan fingerprint density at radius 2 is 1.94 bits per heavy atom. The Hall–Kier alpha value is -1.10. The predicted molar refractivity (Wildman–Crippen MR) is 64.7 cm³/mol. The summed E-state index contributed by atoms with van der Waals surface area (Å²) in [6.07, 6.45) is 4.16. The van der Waals surface area contributed by atoms with Gasteiger partial charge in [0.15, 0.2) is 0 Å². The molecule has 0 aromatic heterocycles. The average molecular weight is 242 g/mol. The fourth-order valence-corrected chi connectivity index (χ4v) is 2.38. The molecule has 0 aromatic rings. The van der Waals surface area contributed by atoms with Crippen LogP contribution in [0.1, 0.15) is 39.0 Å². The van der Waals surface area contributed by atoms with E-state index in [1.165, 1.54) is 0 Å². The molecule has 0 saturated heterocycles. The van der Waals surface area contributed by atoms with Gasteiger partial charge in [0, 0.05) is 7.05 Å². The molecule has 98 valence electrons. The first-order valence-electron chi connectivity index (χ1n) is 6.23. The molecule has 0 spiro atoms. The van der Waals surface area contributed by atoms with Crippen LogP contribution in [-0.4, -0.2) is 36.1 Å². The van der Waals surface area contributed by atoms with Gasteiger partial charge in [0.1, 0.15) is 5.54 Å². The van der Waals surface area contributed by atoms with Crippen LogP contribution < -0.4 is 10.6 Å². The molecule has 3 N–H and O–H groups in total. The number of amides is 1. The van der Waals surface area contributed by atoms with Crippen LogP contribution in [0.2, 0.25) is 0 Å². The number of carbonyl (C=O) groups is 2. The number of carboxylic acids is 1. The van der Waals surface area contributed by atoms with Gasteiger partial charge < -0.3 is 10.4 Å². The first kappa shape index (κ1) is 14.0. The van der Waals surface area contributed by atoms with Crippen molar-refractivity contribution in [3.8, 4) is 0 Å². The topological polar surface area (TPSA) is 78.4 Å². The molecule has 0 bridgehead atoms. The number of carbonyl (C=O) groups excluding carboxylic acids is 1. The van der Waals surface area contributed by atoms with Gasteiger partial charge in [-0.2, -0.15) is 0 Å². The van der Waals surface area contributed by atoms with Gasteiger partial charge in [-0.3, -0.25) is 14.9 Å². The van der Waals surface area contributed by atoms with E-state index >= 15 is 0 Å². The lowest BCUT2D eigenvalue weighted by molar-refractivity contribution is -0.147. The quantitative estimate of drug-likeness (QED) is 0.664. The molecule has 0 aliphatic heterocycles. The van der Waals surface area contributed by atoms with Crippen molar-refractivity contribution in [1.82, 2.24) is 10.6 Å². The number of nitrogens with one attached hydrogen (secondary N) is 2. The van der Waals surface area contributed by atoms with E-state index in [-0.39, 0.29) is 12.5 Å². The molecular formula is C12H22N2O3. The molecule has 1 amide bonds. The molecule has 0 heterocycles. The molecule has 1 fully saturated rings. The van der Waals surface area contributed by atoms with Crippen LogP contribution in [0.5, 0.6) is 0 Å². The Kier molecular flexibility index (Phi) is 4.93. The minimum atomic E-state index is -0.905. The molecular weight excluding hydrogens is 220 g/mol. The van der Waals surface area contributed by atoms with E-state index in [0.29, 0.717) is 18.8 Å². The fourth-order valence-electron chi connectivity index (χ4n) is 2.38. The Balaban J connectivity index is 2.59. The maximum absolute atomic E-state index is 11.4. The number of aliphatic carboxylic acids is 1. The minimum absolute atomic E-state index is 0.0690. The van der Waals surface area contributed by atoms with E-state index < -0.39 is 11.5 Å². The van der Waals surface area contributed by atoms with E-state index in [2.05, 4.69) is 17.6 Å². The summed E-state index contributed by atoms with van der Waals surface area (Å²) in [5, 5.41) is 14.7. The Labute approximate surface area is 102 Å². The molecule has 0 atom stereocenters. The van der Waals surface area contributed by atoms with Crippen LogP contribution in [0.3, 0.4) is 0 Å². The number of hydrogen-bond acceptors (Lipinski definition) is 3. The highest BCUT2D eigenvalue weighted by atomic mass is 16.4. The van der Waals surface area contributed by atoms with Crippen molar-refractivity contribution in [2.24, 2.45) is 5.92 Å². The van der Waals surface area contributed by atoms with E-state index in [0.717, 1.165) is 19.3 Å². The third-order valence-corrected chi connectivity index (χ3v) is 3.81. The lowest BCUT2D eigenvalue weighted by Crippen LogP contribution is -2.56. The summed E-state index contributed by atoms with van der Waals surface area (Å²) in [5.41, 5.74) is -0.905. The maximum Gasteiger partial charge on any atom is 0.323 e. The molecule has 17 heavy (non-hydrogen) atoms. The normalized spacial score (nSPS) is 28.7. The fraction of sp³-hybridized carbons (Fsp3) is 0.833. The van der Waals surface area contributed by atoms with Gasteiger partial charge in [-0.25, -0.2) is 0 Å². The van der Waals surface area contributed by atoms with E-state index in [4.69, 9.17) is 0 Å². The molecule has 0 unspecified atom stereocenters. The van der Waals surface area contributed by atoms with E-state index in [1.54, 1.807) is 7.05 Å². The Morgan fingerprint density at radius 3 is 2.35 bits per heavy atom. The predicted octanol–water partition coefficient (Wildman–Crippen LogP) is 0.746. The third-order valence-electron chi connectivity index (χ3n) is 3.81. The van der Waals surface area contributed by atoms with Crippen molar-refractivity contribution in [2.75, 3.05) is 13.6 Å². The second-order valence-corrected chi connectivity index (χ2v) is 4.77. The van der Waals surface area contributed by atoms with Crippen molar-refractivity contribution in [3.63, 3.8) is 0 Å². The van der Waals surface area contributed by atoms with Crippen LogP contribution in [0, 0.1) is 5.92 Å². The van der Waals surface area contributed by atoms with Gasteiger partial charge in [0.2, 0.25) is 5.91 Å². The van der Waals surface area contributed by atoms with Gasteiger partial charge in [0.05, 0.1) is 6.54 Å². The monoisotopic (exact) mass is 242 g/mol. The second-order valence-electron chi connectivity index (χ2n) is 4.77. The summed E-state index contributed by atoms with van der Waals surface area (Å²) in [6, 6.07) is 0. The number of rotatable bonds is 5. The van der Waals surface area contributed by atoms with E-state index in [1.807, 2.05) is 0 Å². The average Bonchev–Trinajstić information content (AvgIpc) is 2.36. The van der Waals surface area contributed by atoms with Gasteiger partial charge >= 0.3 is 5.97 Å². The van der Waals surface area contributed by atoms with Crippen molar-refractivity contribution < 1.29 is 14.7 Å². The standard InChI is InChI=1S/C12H22N2O3/c1-3-9-4-6-12(7-5-9,11(16)17)14-8-10(15)13-2/h9,14H,3-8H2,1-2H3,(H,13,15)(H,16,17).